The molecule has 1 amide bonds. The van der Waals surface area contributed by atoms with E-state index in [1.165, 1.54) is 4.88 Å². The molecule has 0 atom stereocenters. The Kier molecular flexibility index (Phi) is 4.58. The Morgan fingerprint density at radius 3 is 2.84 bits per heavy atom. The second kappa shape index (κ2) is 6.38. The van der Waals surface area contributed by atoms with E-state index < -0.39 is 0 Å². The van der Waals surface area contributed by atoms with Crippen molar-refractivity contribution in [3.8, 4) is 0 Å². The van der Waals surface area contributed by atoms with Crippen LogP contribution >= 0.6 is 11.3 Å². The molecular formula is C15H18N2OS. The van der Waals surface area contributed by atoms with Gasteiger partial charge in [-0.15, -0.1) is 11.3 Å². The van der Waals surface area contributed by atoms with Crippen LogP contribution in [0.3, 0.4) is 0 Å². The van der Waals surface area contributed by atoms with E-state index in [1.54, 1.807) is 23.3 Å². The summed E-state index contributed by atoms with van der Waals surface area (Å²) in [7, 11) is 1.79. The number of benzene rings is 1. The fraction of sp³-hybridized carbons (Fsp3) is 0.267. The molecule has 100 valence electrons. The third kappa shape index (κ3) is 3.83. The van der Waals surface area contributed by atoms with Crippen LogP contribution in [0, 0.1) is 0 Å². The third-order valence-corrected chi connectivity index (χ3v) is 3.96. The molecule has 0 aliphatic heterocycles. The number of thiophene rings is 1. The normalized spacial score (nSPS) is 10.4. The lowest BCUT2D eigenvalue weighted by molar-refractivity contribution is -0.118. The summed E-state index contributed by atoms with van der Waals surface area (Å²) in [6.45, 7) is 0. The molecule has 19 heavy (non-hydrogen) atoms. The molecule has 0 unspecified atom stereocenters. The topological polar surface area (TPSA) is 46.3 Å². The predicted octanol–water partition coefficient (Wildman–Crippen LogP) is 3.32. The SMILES string of the molecule is CN(C(=O)CCCc1cccs1)c1cccc(N)c1. The summed E-state index contributed by atoms with van der Waals surface area (Å²) in [5, 5.41) is 2.07. The van der Waals surface area contributed by atoms with E-state index in [2.05, 4.69) is 11.4 Å². The zero-order chi connectivity index (χ0) is 13.7. The molecule has 2 N–H and O–H groups in total. The highest BCUT2D eigenvalue weighted by molar-refractivity contribution is 7.09. The minimum Gasteiger partial charge on any atom is -0.399 e. The maximum atomic E-state index is 12.1. The van der Waals surface area contributed by atoms with Gasteiger partial charge in [-0.05, 0) is 42.5 Å². The van der Waals surface area contributed by atoms with Gasteiger partial charge in [-0.2, -0.15) is 0 Å². The van der Waals surface area contributed by atoms with Gasteiger partial charge in [-0.3, -0.25) is 4.79 Å². The molecular weight excluding hydrogens is 256 g/mol. The molecule has 0 fully saturated rings. The summed E-state index contributed by atoms with van der Waals surface area (Å²) < 4.78 is 0. The van der Waals surface area contributed by atoms with Crippen molar-refractivity contribution in [3.05, 3.63) is 46.7 Å². The molecule has 0 saturated carbocycles. The highest BCUT2D eigenvalue weighted by Gasteiger charge is 2.10. The highest BCUT2D eigenvalue weighted by atomic mass is 32.1. The number of carbonyl (C=O) groups is 1. The molecule has 4 heteroatoms. The molecule has 0 saturated heterocycles. The Morgan fingerprint density at radius 1 is 1.32 bits per heavy atom. The molecule has 0 aliphatic carbocycles. The van der Waals surface area contributed by atoms with Crippen LogP contribution in [0.15, 0.2) is 41.8 Å². The number of rotatable bonds is 5. The Morgan fingerprint density at radius 2 is 2.16 bits per heavy atom. The van der Waals surface area contributed by atoms with Gasteiger partial charge >= 0.3 is 0 Å². The van der Waals surface area contributed by atoms with Crippen LogP contribution in [0.4, 0.5) is 11.4 Å². The standard InChI is InChI=1S/C15H18N2OS/c1-17(13-6-2-5-12(16)11-13)15(18)9-3-7-14-8-4-10-19-14/h2,4-6,8,10-11H,3,7,9,16H2,1H3. The molecule has 1 heterocycles. The zero-order valence-corrected chi connectivity index (χ0v) is 11.8. The van der Waals surface area contributed by atoms with Crippen LogP contribution in [0.25, 0.3) is 0 Å². The van der Waals surface area contributed by atoms with Gasteiger partial charge < -0.3 is 10.6 Å². The number of hydrogen-bond donors (Lipinski definition) is 1. The number of nitrogen functional groups attached to an aromatic ring is 1. The highest BCUT2D eigenvalue weighted by Crippen LogP contribution is 2.18. The Hall–Kier alpha value is -1.81. The summed E-state index contributed by atoms with van der Waals surface area (Å²) in [5.41, 5.74) is 7.25. The van der Waals surface area contributed by atoms with E-state index in [9.17, 15) is 4.79 Å². The average molecular weight is 274 g/mol. The summed E-state index contributed by atoms with van der Waals surface area (Å²) in [4.78, 5) is 15.1. The maximum Gasteiger partial charge on any atom is 0.226 e. The molecule has 2 aromatic rings. The van der Waals surface area contributed by atoms with Crippen molar-refractivity contribution >= 4 is 28.6 Å². The molecule has 0 radical (unpaired) electrons. The van der Waals surface area contributed by atoms with Gasteiger partial charge in [0, 0.05) is 29.7 Å². The molecule has 3 nitrogen and oxygen atoms in total. The van der Waals surface area contributed by atoms with Gasteiger partial charge in [-0.25, -0.2) is 0 Å². The van der Waals surface area contributed by atoms with Crippen molar-refractivity contribution in [3.63, 3.8) is 0 Å². The number of carbonyl (C=O) groups excluding carboxylic acids is 1. The zero-order valence-electron chi connectivity index (χ0n) is 11.0. The van der Waals surface area contributed by atoms with E-state index in [0.717, 1.165) is 18.5 Å². The van der Waals surface area contributed by atoms with Crippen molar-refractivity contribution in [1.82, 2.24) is 0 Å². The number of anilines is 2. The Bertz CT molecular complexity index is 537. The van der Waals surface area contributed by atoms with Gasteiger partial charge in [0.2, 0.25) is 5.91 Å². The maximum absolute atomic E-state index is 12.1. The van der Waals surface area contributed by atoms with Crippen LogP contribution < -0.4 is 10.6 Å². The quantitative estimate of drug-likeness (QED) is 0.850. The summed E-state index contributed by atoms with van der Waals surface area (Å²) in [6.07, 6.45) is 2.41. The van der Waals surface area contributed by atoms with Gasteiger partial charge in [-0.1, -0.05) is 12.1 Å². The number of nitrogens with zero attached hydrogens (tertiary/aromatic N) is 1. The fourth-order valence-electron chi connectivity index (χ4n) is 1.91. The Labute approximate surface area is 117 Å². The monoisotopic (exact) mass is 274 g/mol. The van der Waals surface area contributed by atoms with Crippen LogP contribution in [0.2, 0.25) is 0 Å². The molecule has 1 aromatic carbocycles. The second-order valence-electron chi connectivity index (χ2n) is 4.48. The molecule has 0 spiro atoms. The second-order valence-corrected chi connectivity index (χ2v) is 5.51. The Balaban J connectivity index is 1.85. The third-order valence-electron chi connectivity index (χ3n) is 3.03. The smallest absolute Gasteiger partial charge is 0.226 e. The number of aryl methyl sites for hydroxylation is 1. The first-order valence-electron chi connectivity index (χ1n) is 6.31. The minimum atomic E-state index is 0.127. The van der Waals surface area contributed by atoms with Gasteiger partial charge in [0.25, 0.3) is 0 Å². The molecule has 2 rings (SSSR count). The molecule has 0 aliphatic rings. The van der Waals surface area contributed by atoms with Gasteiger partial charge in [0.15, 0.2) is 0 Å². The van der Waals surface area contributed by atoms with Crippen LogP contribution in [0.1, 0.15) is 17.7 Å². The molecule has 1 aromatic heterocycles. The van der Waals surface area contributed by atoms with Crippen molar-refractivity contribution in [1.29, 1.82) is 0 Å². The fourth-order valence-corrected chi connectivity index (χ4v) is 2.67. The van der Waals surface area contributed by atoms with Crippen LogP contribution in [-0.2, 0) is 11.2 Å². The van der Waals surface area contributed by atoms with E-state index >= 15 is 0 Å². The van der Waals surface area contributed by atoms with Crippen molar-refractivity contribution in [2.75, 3.05) is 17.7 Å². The summed E-state index contributed by atoms with van der Waals surface area (Å²) >= 11 is 1.74. The number of amides is 1. The lowest BCUT2D eigenvalue weighted by atomic mass is 10.2. The van der Waals surface area contributed by atoms with Crippen LogP contribution in [-0.4, -0.2) is 13.0 Å². The van der Waals surface area contributed by atoms with E-state index in [4.69, 9.17) is 5.73 Å². The van der Waals surface area contributed by atoms with Gasteiger partial charge in [0.1, 0.15) is 0 Å². The summed E-state index contributed by atoms with van der Waals surface area (Å²) in [6, 6.07) is 11.5. The largest absolute Gasteiger partial charge is 0.399 e. The average Bonchev–Trinajstić information content (AvgIpc) is 2.91. The predicted molar refractivity (Wildman–Crippen MR) is 81.5 cm³/mol. The number of nitrogens with two attached hydrogens (primary N) is 1. The lowest BCUT2D eigenvalue weighted by Gasteiger charge is -2.17. The number of hydrogen-bond acceptors (Lipinski definition) is 3. The van der Waals surface area contributed by atoms with Gasteiger partial charge in [0.05, 0.1) is 0 Å². The lowest BCUT2D eigenvalue weighted by Crippen LogP contribution is -2.25. The minimum absolute atomic E-state index is 0.127. The first-order chi connectivity index (χ1) is 9.16. The van der Waals surface area contributed by atoms with E-state index in [1.807, 2.05) is 30.3 Å². The van der Waals surface area contributed by atoms with Crippen molar-refractivity contribution < 1.29 is 4.79 Å². The first-order valence-corrected chi connectivity index (χ1v) is 7.19. The van der Waals surface area contributed by atoms with Crippen molar-refractivity contribution in [2.45, 2.75) is 19.3 Å². The van der Waals surface area contributed by atoms with Crippen LogP contribution in [0.5, 0.6) is 0 Å². The van der Waals surface area contributed by atoms with Crippen molar-refractivity contribution in [2.24, 2.45) is 0 Å². The first kappa shape index (κ1) is 13.6. The summed E-state index contributed by atoms with van der Waals surface area (Å²) in [5.74, 6) is 0.127. The molecule has 0 bridgehead atoms. The van der Waals surface area contributed by atoms with E-state index in [-0.39, 0.29) is 5.91 Å². The van der Waals surface area contributed by atoms with E-state index in [0.29, 0.717) is 12.1 Å².